The first-order valence-corrected chi connectivity index (χ1v) is 11.4. The van der Waals surface area contributed by atoms with Crippen LogP contribution in [0.3, 0.4) is 0 Å². The SMILES string of the molecule is Cc1ccc(S(=O)(=O)O)c([C@@]2(C(=O)OCc3ccccc3)Cc3ccccc3CN2)c1. The van der Waals surface area contributed by atoms with E-state index in [1.54, 1.807) is 19.1 Å². The van der Waals surface area contributed by atoms with Crippen molar-refractivity contribution in [3.8, 4) is 0 Å². The van der Waals surface area contributed by atoms with Crippen LogP contribution in [0.2, 0.25) is 0 Å². The van der Waals surface area contributed by atoms with E-state index in [-0.39, 0.29) is 23.5 Å². The average Bonchev–Trinajstić information content (AvgIpc) is 2.77. The van der Waals surface area contributed by atoms with Gasteiger partial charge in [-0.2, -0.15) is 8.42 Å². The fourth-order valence-corrected chi connectivity index (χ4v) is 4.74. The fraction of sp³-hybridized carbons (Fsp3) is 0.208. The standard InChI is InChI=1S/C24H23NO5S/c1-17-11-12-22(31(27,28)29)21(13-17)24(14-19-9-5-6-10-20(19)15-25-24)23(26)30-16-18-7-3-2-4-8-18/h2-13,25H,14-16H2,1H3,(H,27,28,29)/t24-/m1/s1. The maximum Gasteiger partial charge on any atom is 0.331 e. The molecule has 0 spiro atoms. The minimum Gasteiger partial charge on any atom is -0.459 e. The molecule has 1 heterocycles. The van der Waals surface area contributed by atoms with E-state index in [0.29, 0.717) is 6.54 Å². The fourth-order valence-electron chi connectivity index (χ4n) is 3.99. The van der Waals surface area contributed by atoms with Crippen LogP contribution in [0.15, 0.2) is 77.7 Å². The van der Waals surface area contributed by atoms with Crippen LogP contribution in [0.1, 0.15) is 27.8 Å². The van der Waals surface area contributed by atoms with E-state index in [0.717, 1.165) is 22.3 Å². The molecule has 1 atom stereocenters. The van der Waals surface area contributed by atoms with Crippen molar-refractivity contribution in [2.75, 3.05) is 0 Å². The molecule has 160 valence electrons. The van der Waals surface area contributed by atoms with Gasteiger partial charge in [0.05, 0.1) is 4.90 Å². The summed E-state index contributed by atoms with van der Waals surface area (Å²) in [6.07, 6.45) is 0.197. The van der Waals surface area contributed by atoms with Crippen molar-refractivity contribution in [3.05, 3.63) is 101 Å². The minimum atomic E-state index is -4.56. The van der Waals surface area contributed by atoms with Crippen LogP contribution < -0.4 is 5.32 Å². The van der Waals surface area contributed by atoms with Gasteiger partial charge in [0.1, 0.15) is 12.1 Å². The summed E-state index contributed by atoms with van der Waals surface area (Å²) < 4.78 is 39.9. The van der Waals surface area contributed by atoms with Crippen molar-refractivity contribution < 1.29 is 22.5 Å². The number of hydrogen-bond donors (Lipinski definition) is 2. The number of hydrogen-bond acceptors (Lipinski definition) is 5. The summed E-state index contributed by atoms with van der Waals surface area (Å²) in [6.45, 7) is 2.21. The van der Waals surface area contributed by atoms with Crippen molar-refractivity contribution in [1.29, 1.82) is 0 Å². The second-order valence-electron chi connectivity index (χ2n) is 7.74. The van der Waals surface area contributed by atoms with E-state index in [1.807, 2.05) is 54.6 Å². The highest BCUT2D eigenvalue weighted by Gasteiger charge is 2.47. The van der Waals surface area contributed by atoms with E-state index in [9.17, 15) is 17.8 Å². The largest absolute Gasteiger partial charge is 0.459 e. The van der Waals surface area contributed by atoms with Gasteiger partial charge in [0.2, 0.25) is 0 Å². The van der Waals surface area contributed by atoms with Gasteiger partial charge in [-0.15, -0.1) is 0 Å². The molecule has 0 aliphatic carbocycles. The first kappa shape index (κ1) is 21.2. The molecule has 1 aliphatic rings. The molecule has 0 unspecified atom stereocenters. The zero-order chi connectivity index (χ0) is 22.1. The number of rotatable bonds is 5. The maximum atomic E-state index is 13.5. The zero-order valence-corrected chi connectivity index (χ0v) is 17.9. The van der Waals surface area contributed by atoms with Gasteiger partial charge in [-0.1, -0.05) is 72.3 Å². The molecule has 0 fully saturated rings. The Bertz CT molecular complexity index is 1220. The quantitative estimate of drug-likeness (QED) is 0.469. The molecule has 31 heavy (non-hydrogen) atoms. The summed E-state index contributed by atoms with van der Waals surface area (Å²) in [4.78, 5) is 13.2. The summed E-state index contributed by atoms with van der Waals surface area (Å²) in [7, 11) is -4.56. The monoisotopic (exact) mass is 437 g/mol. The van der Waals surface area contributed by atoms with Crippen molar-refractivity contribution in [3.63, 3.8) is 0 Å². The van der Waals surface area contributed by atoms with E-state index < -0.39 is 21.6 Å². The van der Waals surface area contributed by atoms with Gasteiger partial charge in [-0.05, 0) is 29.7 Å². The van der Waals surface area contributed by atoms with Gasteiger partial charge in [0, 0.05) is 18.5 Å². The van der Waals surface area contributed by atoms with Crippen molar-refractivity contribution >= 4 is 16.1 Å². The molecule has 2 N–H and O–H groups in total. The van der Waals surface area contributed by atoms with Gasteiger partial charge < -0.3 is 4.74 Å². The Morgan fingerprint density at radius 2 is 1.71 bits per heavy atom. The molecule has 0 aromatic heterocycles. The number of esters is 1. The van der Waals surface area contributed by atoms with Crippen LogP contribution in [0.4, 0.5) is 0 Å². The normalized spacial score (nSPS) is 18.3. The molecule has 6 nitrogen and oxygen atoms in total. The maximum absolute atomic E-state index is 13.5. The predicted molar refractivity (Wildman–Crippen MR) is 116 cm³/mol. The number of ether oxygens (including phenoxy) is 1. The van der Waals surface area contributed by atoms with E-state index in [4.69, 9.17) is 4.74 Å². The number of carbonyl (C=O) groups excluding carboxylic acids is 1. The zero-order valence-electron chi connectivity index (χ0n) is 17.0. The Morgan fingerprint density at radius 1 is 1.03 bits per heavy atom. The lowest BCUT2D eigenvalue weighted by atomic mass is 9.79. The Morgan fingerprint density at radius 3 is 2.42 bits per heavy atom. The molecule has 0 bridgehead atoms. The van der Waals surface area contributed by atoms with Crippen LogP contribution in [-0.2, 0) is 44.8 Å². The van der Waals surface area contributed by atoms with Gasteiger partial charge in [-0.3, -0.25) is 9.87 Å². The lowest BCUT2D eigenvalue weighted by molar-refractivity contribution is -0.154. The lowest BCUT2D eigenvalue weighted by Gasteiger charge is -2.38. The minimum absolute atomic E-state index is 0.0533. The van der Waals surface area contributed by atoms with Gasteiger partial charge >= 0.3 is 5.97 Å². The molecule has 3 aromatic carbocycles. The van der Waals surface area contributed by atoms with Crippen molar-refractivity contribution in [1.82, 2.24) is 5.32 Å². The second kappa shape index (κ2) is 8.26. The topological polar surface area (TPSA) is 92.7 Å². The number of fused-ring (bicyclic) bond motifs is 1. The third-order valence-electron chi connectivity index (χ3n) is 5.59. The lowest BCUT2D eigenvalue weighted by Crippen LogP contribution is -2.54. The number of benzene rings is 3. The smallest absolute Gasteiger partial charge is 0.331 e. The Kier molecular flexibility index (Phi) is 5.66. The van der Waals surface area contributed by atoms with Crippen LogP contribution in [-0.4, -0.2) is 18.9 Å². The summed E-state index contributed by atoms with van der Waals surface area (Å²) in [5.74, 6) is -0.596. The van der Waals surface area contributed by atoms with Crippen LogP contribution in [0.25, 0.3) is 0 Å². The third kappa shape index (κ3) is 4.25. The Labute approximate surface area is 181 Å². The molecule has 7 heteroatoms. The molecule has 0 amide bonds. The van der Waals surface area contributed by atoms with Gasteiger partial charge in [0.15, 0.2) is 0 Å². The molecule has 4 rings (SSSR count). The molecular weight excluding hydrogens is 414 g/mol. The molecule has 0 saturated carbocycles. The van der Waals surface area contributed by atoms with Crippen LogP contribution in [0.5, 0.6) is 0 Å². The van der Waals surface area contributed by atoms with Gasteiger partial charge in [0.25, 0.3) is 10.1 Å². The molecular formula is C24H23NO5S. The molecule has 3 aromatic rings. The second-order valence-corrected chi connectivity index (χ2v) is 9.13. The highest BCUT2D eigenvalue weighted by atomic mass is 32.2. The summed E-state index contributed by atoms with van der Waals surface area (Å²) in [6, 6.07) is 21.5. The summed E-state index contributed by atoms with van der Waals surface area (Å²) in [5, 5.41) is 3.23. The van der Waals surface area contributed by atoms with Gasteiger partial charge in [-0.25, -0.2) is 4.79 Å². The Balaban J connectivity index is 1.82. The number of aryl methyl sites for hydroxylation is 1. The number of carbonyl (C=O) groups is 1. The molecule has 1 aliphatic heterocycles. The van der Waals surface area contributed by atoms with Crippen LogP contribution >= 0.6 is 0 Å². The third-order valence-corrected chi connectivity index (χ3v) is 6.50. The molecule has 0 radical (unpaired) electrons. The highest BCUT2D eigenvalue weighted by Crippen LogP contribution is 2.37. The highest BCUT2D eigenvalue weighted by molar-refractivity contribution is 7.85. The van der Waals surface area contributed by atoms with Crippen molar-refractivity contribution in [2.45, 2.75) is 36.9 Å². The first-order valence-electron chi connectivity index (χ1n) is 9.91. The average molecular weight is 438 g/mol. The van der Waals surface area contributed by atoms with E-state index in [2.05, 4.69) is 5.32 Å². The van der Waals surface area contributed by atoms with E-state index >= 15 is 0 Å². The summed E-state index contributed by atoms with van der Waals surface area (Å²) >= 11 is 0. The van der Waals surface area contributed by atoms with Crippen LogP contribution in [0, 0.1) is 6.92 Å². The molecule has 0 saturated heterocycles. The van der Waals surface area contributed by atoms with E-state index in [1.165, 1.54) is 6.07 Å². The number of nitrogens with one attached hydrogen (secondary N) is 1. The first-order chi connectivity index (χ1) is 14.8. The summed E-state index contributed by atoms with van der Waals surface area (Å²) in [5.41, 5.74) is 2.25. The predicted octanol–water partition coefficient (Wildman–Crippen LogP) is 3.53. The Hall–Kier alpha value is -3.00. The van der Waals surface area contributed by atoms with Crippen molar-refractivity contribution in [2.24, 2.45) is 0 Å².